The summed E-state index contributed by atoms with van der Waals surface area (Å²) in [5, 5.41) is 8.45. The number of esters is 1. The Kier molecular flexibility index (Phi) is 8.70. The van der Waals surface area contributed by atoms with Crippen LogP contribution in [-0.4, -0.2) is 18.8 Å². The molecule has 0 heterocycles. The minimum Gasteiger partial charge on any atom is -0.494 e. The Morgan fingerprint density at radius 3 is 2.17 bits per heavy atom. The van der Waals surface area contributed by atoms with Gasteiger partial charge in [0.2, 0.25) is 0 Å². The summed E-state index contributed by atoms with van der Waals surface area (Å²) in [4.78, 5) is 17.0. The molecule has 0 spiro atoms. The molecule has 0 bridgehead atoms. The summed E-state index contributed by atoms with van der Waals surface area (Å²) in [7, 11) is 0. The first-order chi connectivity index (χ1) is 17.7. The number of unbranched alkanes of at least 4 members (excludes halogenated alkanes) is 1. The molecule has 0 aliphatic carbocycles. The number of carbonyl (C=O) groups is 1. The lowest BCUT2D eigenvalue weighted by atomic mass is 10.2. The highest BCUT2D eigenvalue weighted by Gasteiger charge is 2.09. The molecule has 36 heavy (non-hydrogen) atoms. The lowest BCUT2D eigenvalue weighted by molar-refractivity contribution is 0.0734. The van der Waals surface area contributed by atoms with Crippen molar-refractivity contribution in [1.29, 1.82) is 0 Å². The van der Waals surface area contributed by atoms with Gasteiger partial charge in [0.05, 0.1) is 29.2 Å². The minimum atomic E-state index is -0.426. The van der Waals surface area contributed by atoms with Crippen LogP contribution in [0.5, 0.6) is 11.5 Å². The van der Waals surface area contributed by atoms with E-state index in [0.29, 0.717) is 17.9 Å². The van der Waals surface area contributed by atoms with E-state index in [1.807, 2.05) is 66.7 Å². The molecule has 6 heteroatoms. The van der Waals surface area contributed by atoms with E-state index in [1.54, 1.807) is 42.6 Å². The van der Waals surface area contributed by atoms with Crippen LogP contribution < -0.4 is 9.47 Å². The van der Waals surface area contributed by atoms with Gasteiger partial charge in [-0.05, 0) is 84.8 Å². The largest absolute Gasteiger partial charge is 0.494 e. The van der Waals surface area contributed by atoms with E-state index >= 15 is 0 Å². The molecule has 0 saturated carbocycles. The van der Waals surface area contributed by atoms with Crippen LogP contribution in [0, 0.1) is 0 Å². The predicted octanol–water partition coefficient (Wildman–Crippen LogP) is 8.25. The molecule has 4 aromatic carbocycles. The molecular formula is C30H27N3O3. The average molecular weight is 478 g/mol. The van der Waals surface area contributed by atoms with Crippen molar-refractivity contribution in [1.82, 2.24) is 0 Å². The zero-order valence-electron chi connectivity index (χ0n) is 20.1. The van der Waals surface area contributed by atoms with Crippen LogP contribution in [0.4, 0.5) is 17.1 Å². The highest BCUT2D eigenvalue weighted by atomic mass is 16.5. The smallest absolute Gasteiger partial charge is 0.343 e. The summed E-state index contributed by atoms with van der Waals surface area (Å²) in [6.07, 6.45) is 3.79. The monoisotopic (exact) mass is 477 g/mol. The Bertz CT molecular complexity index is 1320. The van der Waals surface area contributed by atoms with E-state index in [9.17, 15) is 4.79 Å². The maximum atomic E-state index is 12.5. The number of benzene rings is 4. The SMILES string of the molecule is CCCCOc1ccc(C(=O)Oc2cccc(C=Nc3ccc(N=Nc4ccccc4)cc3)c2)cc1. The zero-order chi connectivity index (χ0) is 25.0. The first-order valence-corrected chi connectivity index (χ1v) is 11.9. The van der Waals surface area contributed by atoms with Gasteiger partial charge in [-0.3, -0.25) is 4.99 Å². The molecule has 0 N–H and O–H groups in total. The Balaban J connectivity index is 1.34. The van der Waals surface area contributed by atoms with Gasteiger partial charge in [-0.2, -0.15) is 10.2 Å². The summed E-state index contributed by atoms with van der Waals surface area (Å²) in [5.41, 5.74) is 3.59. The molecular weight excluding hydrogens is 450 g/mol. The third-order valence-electron chi connectivity index (χ3n) is 5.17. The Morgan fingerprint density at radius 1 is 0.750 bits per heavy atom. The molecule has 4 aromatic rings. The average Bonchev–Trinajstić information content (AvgIpc) is 2.93. The van der Waals surface area contributed by atoms with Gasteiger partial charge in [0.25, 0.3) is 0 Å². The van der Waals surface area contributed by atoms with Crippen LogP contribution in [0.1, 0.15) is 35.7 Å². The van der Waals surface area contributed by atoms with E-state index in [0.717, 1.165) is 41.2 Å². The third-order valence-corrected chi connectivity index (χ3v) is 5.17. The van der Waals surface area contributed by atoms with Crippen LogP contribution in [0.2, 0.25) is 0 Å². The van der Waals surface area contributed by atoms with Crippen LogP contribution in [0.15, 0.2) is 118 Å². The van der Waals surface area contributed by atoms with E-state index in [4.69, 9.17) is 9.47 Å². The van der Waals surface area contributed by atoms with Crippen molar-refractivity contribution in [3.63, 3.8) is 0 Å². The molecule has 0 saturated heterocycles. The van der Waals surface area contributed by atoms with E-state index in [1.165, 1.54) is 0 Å². The fourth-order valence-corrected chi connectivity index (χ4v) is 3.21. The molecule has 6 nitrogen and oxygen atoms in total. The molecule has 0 atom stereocenters. The number of aliphatic imine (C=N–C) groups is 1. The van der Waals surface area contributed by atoms with E-state index in [-0.39, 0.29) is 0 Å². The summed E-state index contributed by atoms with van der Waals surface area (Å²) in [5.74, 6) is 0.763. The second kappa shape index (κ2) is 12.8. The van der Waals surface area contributed by atoms with Crippen molar-refractivity contribution in [3.05, 3.63) is 114 Å². The fraction of sp³-hybridized carbons (Fsp3) is 0.133. The Labute approximate surface area is 211 Å². The molecule has 180 valence electrons. The van der Waals surface area contributed by atoms with Crippen molar-refractivity contribution in [2.45, 2.75) is 19.8 Å². The van der Waals surface area contributed by atoms with Gasteiger partial charge in [-0.25, -0.2) is 4.79 Å². The topological polar surface area (TPSA) is 72.6 Å². The molecule has 0 amide bonds. The highest BCUT2D eigenvalue weighted by Crippen LogP contribution is 2.22. The third kappa shape index (κ3) is 7.46. The summed E-state index contributed by atoms with van der Waals surface area (Å²) in [6.45, 7) is 2.78. The van der Waals surface area contributed by atoms with Gasteiger partial charge in [0, 0.05) is 6.21 Å². The summed E-state index contributed by atoms with van der Waals surface area (Å²) >= 11 is 0. The van der Waals surface area contributed by atoms with Crippen molar-refractivity contribution >= 4 is 29.2 Å². The molecule has 0 aromatic heterocycles. The summed E-state index contributed by atoms with van der Waals surface area (Å²) < 4.78 is 11.2. The minimum absolute atomic E-state index is 0.426. The lowest BCUT2D eigenvalue weighted by Crippen LogP contribution is -2.08. The van der Waals surface area contributed by atoms with Gasteiger partial charge < -0.3 is 9.47 Å². The standard InChI is InChI=1S/C30H27N3O3/c1-2-3-20-35-28-18-12-24(13-19-28)30(34)36-29-11-7-8-23(21-29)22-31-25-14-16-27(17-15-25)33-32-26-9-5-4-6-10-26/h4-19,21-22H,2-3,20H2,1H3. The van der Waals surface area contributed by atoms with Crippen molar-refractivity contribution in [2.24, 2.45) is 15.2 Å². The van der Waals surface area contributed by atoms with Crippen LogP contribution >= 0.6 is 0 Å². The van der Waals surface area contributed by atoms with Crippen LogP contribution in [0.25, 0.3) is 0 Å². The molecule has 0 aliphatic heterocycles. The number of azo groups is 1. The summed E-state index contributed by atoms with van der Waals surface area (Å²) in [6, 6.07) is 31.2. The molecule has 0 fully saturated rings. The second-order valence-corrected chi connectivity index (χ2v) is 8.00. The first kappa shape index (κ1) is 24.5. The fourth-order valence-electron chi connectivity index (χ4n) is 3.21. The Morgan fingerprint density at radius 2 is 1.44 bits per heavy atom. The van der Waals surface area contributed by atoms with Gasteiger partial charge in [0.1, 0.15) is 11.5 Å². The van der Waals surface area contributed by atoms with Gasteiger partial charge in [0.15, 0.2) is 0 Å². The van der Waals surface area contributed by atoms with Crippen LogP contribution in [0.3, 0.4) is 0 Å². The van der Waals surface area contributed by atoms with Gasteiger partial charge in [-0.1, -0.05) is 43.7 Å². The van der Waals surface area contributed by atoms with Crippen LogP contribution in [-0.2, 0) is 0 Å². The number of rotatable bonds is 10. The predicted molar refractivity (Wildman–Crippen MR) is 143 cm³/mol. The normalized spacial score (nSPS) is 11.1. The molecule has 0 radical (unpaired) electrons. The second-order valence-electron chi connectivity index (χ2n) is 8.00. The van der Waals surface area contributed by atoms with Gasteiger partial charge >= 0.3 is 5.97 Å². The lowest BCUT2D eigenvalue weighted by Gasteiger charge is -2.07. The first-order valence-electron chi connectivity index (χ1n) is 11.9. The van der Waals surface area contributed by atoms with Crippen molar-refractivity contribution in [3.8, 4) is 11.5 Å². The number of carbonyl (C=O) groups excluding carboxylic acids is 1. The maximum absolute atomic E-state index is 12.5. The molecule has 0 aliphatic rings. The van der Waals surface area contributed by atoms with E-state index in [2.05, 4.69) is 22.1 Å². The molecule has 4 rings (SSSR count). The van der Waals surface area contributed by atoms with Gasteiger partial charge in [-0.15, -0.1) is 0 Å². The van der Waals surface area contributed by atoms with Crippen molar-refractivity contribution < 1.29 is 14.3 Å². The number of hydrogen-bond donors (Lipinski definition) is 0. The zero-order valence-corrected chi connectivity index (χ0v) is 20.1. The van der Waals surface area contributed by atoms with Crippen molar-refractivity contribution in [2.75, 3.05) is 6.61 Å². The quantitative estimate of drug-likeness (QED) is 0.0759. The Hall–Kier alpha value is -4.58. The number of ether oxygens (including phenoxy) is 2. The number of nitrogens with zero attached hydrogens (tertiary/aromatic N) is 3. The maximum Gasteiger partial charge on any atom is 0.343 e. The number of hydrogen-bond acceptors (Lipinski definition) is 6. The van der Waals surface area contributed by atoms with E-state index < -0.39 is 5.97 Å². The highest BCUT2D eigenvalue weighted by molar-refractivity contribution is 5.91. The molecule has 0 unspecified atom stereocenters.